The molecule has 1 aliphatic rings. The van der Waals surface area contributed by atoms with Crippen LogP contribution in [0, 0.1) is 0 Å². The fourth-order valence-corrected chi connectivity index (χ4v) is 6.69. The maximum atomic E-state index is 13.0. The first kappa shape index (κ1) is 51.3. The lowest BCUT2D eigenvalue weighted by Gasteiger charge is -2.40. The van der Waals surface area contributed by atoms with Crippen molar-refractivity contribution in [2.45, 2.75) is 223 Å². The highest BCUT2D eigenvalue weighted by atomic mass is 16.7. The molecule has 11 nitrogen and oxygen atoms in total. The Bertz CT molecular complexity index is 992. The second kappa shape index (κ2) is 34.4. The molecule has 322 valence electrons. The van der Waals surface area contributed by atoms with Crippen LogP contribution in [0.25, 0.3) is 0 Å². The van der Waals surface area contributed by atoms with Gasteiger partial charge in [-0.2, -0.15) is 0 Å². The van der Waals surface area contributed by atoms with Crippen molar-refractivity contribution in [3.63, 3.8) is 0 Å². The van der Waals surface area contributed by atoms with Gasteiger partial charge in [0, 0.05) is 0 Å². The zero-order valence-corrected chi connectivity index (χ0v) is 34.4. The van der Waals surface area contributed by atoms with Crippen LogP contribution < -0.4 is 5.32 Å². The van der Waals surface area contributed by atoms with Crippen LogP contribution in [0.15, 0.2) is 36.5 Å². The lowest BCUT2D eigenvalue weighted by molar-refractivity contribution is -0.303. The highest BCUT2D eigenvalue weighted by Gasteiger charge is 2.44. The van der Waals surface area contributed by atoms with E-state index in [9.17, 15) is 40.5 Å². The van der Waals surface area contributed by atoms with Gasteiger partial charge in [-0.15, -0.1) is 0 Å². The summed E-state index contributed by atoms with van der Waals surface area (Å²) >= 11 is 0. The zero-order valence-electron chi connectivity index (χ0n) is 34.4. The average molecular weight is 784 g/mol. The molecule has 0 bridgehead atoms. The van der Waals surface area contributed by atoms with Crippen LogP contribution in [0.3, 0.4) is 0 Å². The van der Waals surface area contributed by atoms with E-state index in [0.29, 0.717) is 19.3 Å². The van der Waals surface area contributed by atoms with Gasteiger partial charge in [-0.25, -0.2) is 0 Å². The predicted octanol–water partition coefficient (Wildman–Crippen LogP) is 6.44. The average Bonchev–Trinajstić information content (AvgIpc) is 3.18. The van der Waals surface area contributed by atoms with Gasteiger partial charge in [0.1, 0.15) is 36.6 Å². The lowest BCUT2D eigenvalue weighted by atomic mass is 9.98. The monoisotopic (exact) mass is 784 g/mol. The molecule has 0 aromatic heterocycles. The standard InChI is InChI=1S/C44H81NO10/c1-3-5-7-9-11-13-15-17-18-20-21-23-25-27-29-31-36(47)39(49)35(34-54-44-42(52)41(51)40(50)38(33-46)55-44)45-43(53)37(48)32-30-28-26-24-22-19-16-14-12-10-8-6-4-2/h9,11,17-18,23,25,35-42,44,46-52H,3-8,10,12-16,19-22,24,26-34H2,1-2H3,(H,45,53)/b11-9+,18-17+,25-23+. The molecule has 11 heteroatoms. The summed E-state index contributed by atoms with van der Waals surface area (Å²) in [6.45, 7) is 3.35. The number of ether oxygens (including phenoxy) is 2. The molecule has 9 unspecified atom stereocenters. The van der Waals surface area contributed by atoms with Gasteiger partial charge in [-0.05, 0) is 57.8 Å². The Morgan fingerprint density at radius 3 is 1.60 bits per heavy atom. The summed E-state index contributed by atoms with van der Waals surface area (Å²) in [5, 5.41) is 75.4. The summed E-state index contributed by atoms with van der Waals surface area (Å²) in [6, 6.07) is -1.19. The number of aliphatic hydroxyl groups is 7. The zero-order chi connectivity index (χ0) is 40.5. The lowest BCUT2D eigenvalue weighted by Crippen LogP contribution is -2.60. The summed E-state index contributed by atoms with van der Waals surface area (Å²) < 4.78 is 11.0. The van der Waals surface area contributed by atoms with E-state index >= 15 is 0 Å². The molecule has 9 atom stereocenters. The van der Waals surface area contributed by atoms with Crippen molar-refractivity contribution in [1.82, 2.24) is 5.32 Å². The molecule has 1 saturated heterocycles. The molecular formula is C44H81NO10. The number of rotatable bonds is 35. The van der Waals surface area contributed by atoms with Crippen molar-refractivity contribution < 1.29 is 50.0 Å². The molecule has 8 N–H and O–H groups in total. The Kier molecular flexibility index (Phi) is 32.1. The van der Waals surface area contributed by atoms with E-state index in [2.05, 4.69) is 55.6 Å². The number of carbonyl (C=O) groups is 1. The van der Waals surface area contributed by atoms with Crippen molar-refractivity contribution >= 4 is 5.91 Å². The third-order valence-electron chi connectivity index (χ3n) is 10.4. The van der Waals surface area contributed by atoms with Gasteiger partial charge in [0.25, 0.3) is 0 Å². The second-order valence-electron chi connectivity index (χ2n) is 15.4. The van der Waals surface area contributed by atoms with Crippen molar-refractivity contribution in [1.29, 1.82) is 0 Å². The van der Waals surface area contributed by atoms with Gasteiger partial charge in [0.05, 0.1) is 25.4 Å². The van der Waals surface area contributed by atoms with Gasteiger partial charge in [0.2, 0.25) is 5.91 Å². The molecule has 1 rings (SSSR count). The molecule has 0 aromatic carbocycles. The SMILES string of the molecule is CCCC/C=C/CC/C=C/CC/C=C/CCCC(O)C(O)C(COC1OC(CO)C(O)C(O)C1O)NC(=O)C(O)CCCCCCCCCCCCCCC. The second-order valence-corrected chi connectivity index (χ2v) is 15.4. The Morgan fingerprint density at radius 2 is 1.09 bits per heavy atom. The largest absolute Gasteiger partial charge is 0.394 e. The number of carbonyl (C=O) groups excluding carboxylic acids is 1. The van der Waals surface area contributed by atoms with Crippen LogP contribution in [-0.4, -0.2) is 110 Å². The first-order valence-corrected chi connectivity index (χ1v) is 21.9. The van der Waals surface area contributed by atoms with Crippen LogP contribution in [0.2, 0.25) is 0 Å². The Morgan fingerprint density at radius 1 is 0.618 bits per heavy atom. The van der Waals surface area contributed by atoms with Crippen molar-refractivity contribution in [2.75, 3.05) is 13.2 Å². The first-order valence-electron chi connectivity index (χ1n) is 21.9. The third-order valence-corrected chi connectivity index (χ3v) is 10.4. The third kappa shape index (κ3) is 24.7. The molecule has 0 aliphatic carbocycles. The smallest absolute Gasteiger partial charge is 0.249 e. The van der Waals surface area contributed by atoms with E-state index in [4.69, 9.17) is 9.47 Å². The van der Waals surface area contributed by atoms with Crippen molar-refractivity contribution in [2.24, 2.45) is 0 Å². The van der Waals surface area contributed by atoms with Crippen molar-refractivity contribution in [3.8, 4) is 0 Å². The molecule has 1 aliphatic heterocycles. The van der Waals surface area contributed by atoms with Gasteiger partial charge in [-0.1, -0.05) is 147 Å². The van der Waals surface area contributed by atoms with E-state index in [1.807, 2.05) is 0 Å². The Balaban J connectivity index is 2.54. The van der Waals surface area contributed by atoms with Crippen LogP contribution in [0.4, 0.5) is 0 Å². The number of hydrogen-bond donors (Lipinski definition) is 8. The molecule has 0 radical (unpaired) electrons. The van der Waals surface area contributed by atoms with Gasteiger partial charge >= 0.3 is 0 Å². The minimum Gasteiger partial charge on any atom is -0.394 e. The minimum absolute atomic E-state index is 0.241. The summed E-state index contributed by atoms with van der Waals surface area (Å²) in [7, 11) is 0. The van der Waals surface area contributed by atoms with E-state index in [1.165, 1.54) is 70.6 Å². The molecule has 0 saturated carbocycles. The van der Waals surface area contributed by atoms with E-state index < -0.39 is 74.2 Å². The molecule has 1 fully saturated rings. The number of hydrogen-bond acceptors (Lipinski definition) is 10. The quantitative estimate of drug-likeness (QED) is 0.0262. The molecule has 1 heterocycles. The van der Waals surface area contributed by atoms with E-state index in [-0.39, 0.29) is 12.8 Å². The Hall–Kier alpha value is -1.67. The number of allylic oxidation sites excluding steroid dienone is 6. The highest BCUT2D eigenvalue weighted by molar-refractivity contribution is 5.80. The van der Waals surface area contributed by atoms with Crippen LogP contribution in [0.5, 0.6) is 0 Å². The molecular weight excluding hydrogens is 702 g/mol. The van der Waals surface area contributed by atoms with Gasteiger partial charge < -0.3 is 50.5 Å². The molecule has 0 spiro atoms. The summed E-state index contributed by atoms with van der Waals surface area (Å²) in [6.07, 6.45) is 26.2. The highest BCUT2D eigenvalue weighted by Crippen LogP contribution is 2.23. The normalized spacial score (nSPS) is 22.8. The number of nitrogens with one attached hydrogen (secondary N) is 1. The molecule has 0 aromatic rings. The maximum absolute atomic E-state index is 13.0. The minimum atomic E-state index is -1.67. The number of aliphatic hydroxyl groups excluding tert-OH is 7. The summed E-state index contributed by atoms with van der Waals surface area (Å²) in [4.78, 5) is 13.0. The number of amides is 1. The van der Waals surface area contributed by atoms with E-state index in [1.54, 1.807) is 0 Å². The van der Waals surface area contributed by atoms with Crippen LogP contribution in [-0.2, 0) is 14.3 Å². The predicted molar refractivity (Wildman–Crippen MR) is 219 cm³/mol. The van der Waals surface area contributed by atoms with Crippen molar-refractivity contribution in [3.05, 3.63) is 36.5 Å². The fourth-order valence-electron chi connectivity index (χ4n) is 6.69. The van der Waals surface area contributed by atoms with Crippen LogP contribution >= 0.6 is 0 Å². The summed E-state index contributed by atoms with van der Waals surface area (Å²) in [5.41, 5.74) is 0. The van der Waals surface area contributed by atoms with Crippen LogP contribution in [0.1, 0.15) is 168 Å². The molecule has 55 heavy (non-hydrogen) atoms. The maximum Gasteiger partial charge on any atom is 0.249 e. The summed E-state index contributed by atoms with van der Waals surface area (Å²) in [5.74, 6) is -0.715. The van der Waals surface area contributed by atoms with Gasteiger partial charge in [-0.3, -0.25) is 4.79 Å². The fraction of sp³-hybridized carbons (Fsp3) is 0.841. The Labute approximate surface area is 333 Å². The van der Waals surface area contributed by atoms with Gasteiger partial charge in [0.15, 0.2) is 6.29 Å². The first-order chi connectivity index (χ1) is 26.7. The number of unbranched alkanes of at least 4 members (excludes halogenated alkanes) is 17. The topological polar surface area (TPSA) is 189 Å². The molecule has 1 amide bonds. The van der Waals surface area contributed by atoms with E-state index in [0.717, 1.165) is 51.4 Å².